The van der Waals surface area contributed by atoms with Gasteiger partial charge in [-0.15, -0.1) is 0 Å². The molecule has 2 nitrogen and oxygen atoms in total. The van der Waals surface area contributed by atoms with Crippen LogP contribution in [0.15, 0.2) is 41.1 Å². The van der Waals surface area contributed by atoms with Gasteiger partial charge in [-0.2, -0.15) is 11.3 Å². The highest BCUT2D eigenvalue weighted by Crippen LogP contribution is 2.25. The summed E-state index contributed by atoms with van der Waals surface area (Å²) in [5.74, 6) is 0.950. The quantitative estimate of drug-likeness (QED) is 0.767. The van der Waals surface area contributed by atoms with E-state index in [0.717, 1.165) is 38.2 Å². The minimum Gasteiger partial charge on any atom is -0.494 e. The summed E-state index contributed by atoms with van der Waals surface area (Å²) < 4.78 is 5.75. The van der Waals surface area contributed by atoms with E-state index in [4.69, 9.17) is 10.5 Å². The largest absolute Gasteiger partial charge is 0.494 e. The van der Waals surface area contributed by atoms with E-state index < -0.39 is 0 Å². The fourth-order valence-corrected chi connectivity index (χ4v) is 2.47. The van der Waals surface area contributed by atoms with Gasteiger partial charge in [0.1, 0.15) is 5.75 Å². The Morgan fingerprint density at radius 1 is 1.06 bits per heavy atom. The third kappa shape index (κ3) is 3.86. The molecule has 0 bridgehead atoms. The molecule has 1 heterocycles. The minimum atomic E-state index is 0.771. The molecule has 2 N–H and O–H groups in total. The van der Waals surface area contributed by atoms with Crippen LogP contribution in [0.4, 0.5) is 0 Å². The molecule has 1 aromatic carbocycles. The Kier molecular flexibility index (Phi) is 5.24. The van der Waals surface area contributed by atoms with Crippen molar-refractivity contribution in [1.29, 1.82) is 0 Å². The zero-order chi connectivity index (χ0) is 12.6. The average molecular weight is 261 g/mol. The fourth-order valence-electron chi connectivity index (χ4n) is 1.81. The van der Waals surface area contributed by atoms with Crippen molar-refractivity contribution in [3.8, 4) is 16.9 Å². The number of thiophene rings is 1. The molecule has 0 fully saturated rings. The highest BCUT2D eigenvalue weighted by atomic mass is 32.1. The van der Waals surface area contributed by atoms with Crippen molar-refractivity contribution in [2.45, 2.75) is 19.3 Å². The summed E-state index contributed by atoms with van der Waals surface area (Å²) in [6.45, 7) is 1.54. The molecule has 2 rings (SSSR count). The fraction of sp³-hybridized carbons (Fsp3) is 0.333. The lowest BCUT2D eigenvalue weighted by atomic mass is 10.1. The van der Waals surface area contributed by atoms with Crippen LogP contribution >= 0.6 is 11.3 Å². The van der Waals surface area contributed by atoms with Gasteiger partial charge >= 0.3 is 0 Å². The minimum absolute atomic E-state index is 0.771. The van der Waals surface area contributed by atoms with E-state index >= 15 is 0 Å². The number of hydrogen-bond acceptors (Lipinski definition) is 3. The summed E-state index contributed by atoms with van der Waals surface area (Å²) in [6.07, 6.45) is 3.29. The van der Waals surface area contributed by atoms with Gasteiger partial charge < -0.3 is 10.5 Å². The number of rotatable bonds is 7. The first kappa shape index (κ1) is 13.1. The number of ether oxygens (including phenoxy) is 1. The Morgan fingerprint density at radius 2 is 2.00 bits per heavy atom. The highest BCUT2D eigenvalue weighted by molar-refractivity contribution is 7.08. The predicted molar refractivity (Wildman–Crippen MR) is 78.2 cm³/mol. The standard InChI is InChI=1S/C15H19NOS/c16-8-2-1-3-9-17-15-6-4-5-13(11-15)14-7-10-18-12-14/h4-7,10-12H,1-3,8-9,16H2. The summed E-state index contributed by atoms with van der Waals surface area (Å²) in [4.78, 5) is 0. The third-order valence-electron chi connectivity index (χ3n) is 2.81. The number of benzene rings is 1. The first-order chi connectivity index (χ1) is 8.90. The van der Waals surface area contributed by atoms with Gasteiger partial charge in [-0.05, 0) is 65.9 Å². The second kappa shape index (κ2) is 7.19. The van der Waals surface area contributed by atoms with Gasteiger partial charge in [0.25, 0.3) is 0 Å². The van der Waals surface area contributed by atoms with Crippen LogP contribution in [0.3, 0.4) is 0 Å². The number of hydrogen-bond donors (Lipinski definition) is 1. The van der Waals surface area contributed by atoms with E-state index in [9.17, 15) is 0 Å². The first-order valence-electron chi connectivity index (χ1n) is 6.35. The molecule has 96 valence electrons. The molecule has 0 radical (unpaired) electrons. The molecule has 0 unspecified atom stereocenters. The van der Waals surface area contributed by atoms with Crippen LogP contribution in [0, 0.1) is 0 Å². The maximum absolute atomic E-state index is 5.75. The Labute approximate surface area is 112 Å². The molecule has 0 saturated heterocycles. The van der Waals surface area contributed by atoms with Gasteiger partial charge in [-0.25, -0.2) is 0 Å². The van der Waals surface area contributed by atoms with Crippen LogP contribution in [-0.2, 0) is 0 Å². The molecule has 0 aliphatic heterocycles. The predicted octanol–water partition coefficient (Wildman–Crippen LogP) is 3.92. The Bertz CT molecular complexity index is 453. The maximum Gasteiger partial charge on any atom is 0.119 e. The number of unbranched alkanes of at least 4 members (excludes halogenated alkanes) is 2. The van der Waals surface area contributed by atoms with Gasteiger partial charge in [0.05, 0.1) is 6.61 Å². The molecule has 0 saturated carbocycles. The van der Waals surface area contributed by atoms with Crippen molar-refractivity contribution in [2.75, 3.05) is 13.2 Å². The average Bonchev–Trinajstić information content (AvgIpc) is 2.93. The second-order valence-corrected chi connectivity index (χ2v) is 5.02. The molecule has 1 aromatic heterocycles. The number of nitrogens with two attached hydrogens (primary N) is 1. The molecule has 0 aliphatic carbocycles. The van der Waals surface area contributed by atoms with E-state index in [2.05, 4.69) is 29.0 Å². The van der Waals surface area contributed by atoms with Crippen LogP contribution in [-0.4, -0.2) is 13.2 Å². The van der Waals surface area contributed by atoms with Crippen molar-refractivity contribution in [2.24, 2.45) is 5.73 Å². The summed E-state index contributed by atoms with van der Waals surface area (Å²) >= 11 is 1.71. The maximum atomic E-state index is 5.75. The van der Waals surface area contributed by atoms with Gasteiger partial charge in [0, 0.05) is 0 Å². The Morgan fingerprint density at radius 3 is 2.78 bits per heavy atom. The van der Waals surface area contributed by atoms with E-state index in [0.29, 0.717) is 0 Å². The molecule has 0 spiro atoms. The molecular formula is C15H19NOS. The molecule has 2 aromatic rings. The van der Waals surface area contributed by atoms with Gasteiger partial charge in [-0.1, -0.05) is 12.1 Å². The van der Waals surface area contributed by atoms with Crippen LogP contribution in [0.2, 0.25) is 0 Å². The molecule has 18 heavy (non-hydrogen) atoms. The highest BCUT2D eigenvalue weighted by Gasteiger charge is 2.00. The normalized spacial score (nSPS) is 10.5. The molecular weight excluding hydrogens is 242 g/mol. The van der Waals surface area contributed by atoms with E-state index in [1.54, 1.807) is 11.3 Å². The summed E-state index contributed by atoms with van der Waals surface area (Å²) in [5.41, 5.74) is 7.93. The lowest BCUT2D eigenvalue weighted by Crippen LogP contribution is -2.01. The summed E-state index contributed by atoms with van der Waals surface area (Å²) in [7, 11) is 0. The monoisotopic (exact) mass is 261 g/mol. The Balaban J connectivity index is 1.88. The van der Waals surface area contributed by atoms with E-state index in [-0.39, 0.29) is 0 Å². The Hall–Kier alpha value is -1.32. The topological polar surface area (TPSA) is 35.2 Å². The first-order valence-corrected chi connectivity index (χ1v) is 7.30. The smallest absolute Gasteiger partial charge is 0.119 e. The third-order valence-corrected chi connectivity index (χ3v) is 3.49. The van der Waals surface area contributed by atoms with Crippen LogP contribution in [0.1, 0.15) is 19.3 Å². The molecule has 3 heteroatoms. The summed E-state index contributed by atoms with van der Waals surface area (Å²) in [6, 6.07) is 10.4. The van der Waals surface area contributed by atoms with E-state index in [1.807, 2.05) is 12.1 Å². The SMILES string of the molecule is NCCCCCOc1cccc(-c2ccsc2)c1. The van der Waals surface area contributed by atoms with Gasteiger partial charge in [0.15, 0.2) is 0 Å². The van der Waals surface area contributed by atoms with Gasteiger partial charge in [0.2, 0.25) is 0 Å². The zero-order valence-electron chi connectivity index (χ0n) is 10.5. The van der Waals surface area contributed by atoms with E-state index in [1.165, 1.54) is 11.1 Å². The summed E-state index contributed by atoms with van der Waals surface area (Å²) in [5, 5.41) is 4.25. The molecule has 0 amide bonds. The molecule has 0 aliphatic rings. The van der Waals surface area contributed by atoms with Gasteiger partial charge in [-0.3, -0.25) is 0 Å². The lowest BCUT2D eigenvalue weighted by Gasteiger charge is -2.07. The van der Waals surface area contributed by atoms with Crippen molar-refractivity contribution < 1.29 is 4.74 Å². The van der Waals surface area contributed by atoms with Crippen molar-refractivity contribution in [1.82, 2.24) is 0 Å². The lowest BCUT2D eigenvalue weighted by molar-refractivity contribution is 0.306. The van der Waals surface area contributed by atoms with Crippen LogP contribution < -0.4 is 10.5 Å². The second-order valence-electron chi connectivity index (χ2n) is 4.24. The van der Waals surface area contributed by atoms with Crippen molar-refractivity contribution in [3.05, 3.63) is 41.1 Å². The van der Waals surface area contributed by atoms with Crippen molar-refractivity contribution in [3.63, 3.8) is 0 Å². The van der Waals surface area contributed by atoms with Crippen LogP contribution in [0.5, 0.6) is 5.75 Å². The van der Waals surface area contributed by atoms with Crippen molar-refractivity contribution >= 4 is 11.3 Å². The molecule has 0 atom stereocenters. The van der Waals surface area contributed by atoms with Crippen LogP contribution in [0.25, 0.3) is 11.1 Å². The zero-order valence-corrected chi connectivity index (χ0v) is 11.3.